The van der Waals surface area contributed by atoms with Crippen LogP contribution in [0.3, 0.4) is 0 Å². The van der Waals surface area contributed by atoms with Crippen LogP contribution in [0.4, 0.5) is 11.6 Å². The van der Waals surface area contributed by atoms with Crippen molar-refractivity contribution in [2.75, 3.05) is 11.4 Å². The van der Waals surface area contributed by atoms with Crippen LogP contribution in [0.2, 0.25) is 0 Å². The number of nitrogens with one attached hydrogen (secondary N) is 1. The minimum atomic E-state index is 0.235. The Bertz CT molecular complexity index is 539. The van der Waals surface area contributed by atoms with Gasteiger partial charge in [-0.2, -0.15) is 15.3 Å². The molecule has 0 aliphatic heterocycles. The second kappa shape index (κ2) is 4.66. The summed E-state index contributed by atoms with van der Waals surface area (Å²) in [5.74, 6) is 0.582. The molecule has 0 spiro atoms. The van der Waals surface area contributed by atoms with Gasteiger partial charge < -0.3 is 0 Å². The zero-order chi connectivity index (χ0) is 12.3. The van der Waals surface area contributed by atoms with Gasteiger partial charge in [-0.25, -0.2) is 5.10 Å². The Kier molecular flexibility index (Phi) is 3.06. The molecule has 0 aliphatic carbocycles. The van der Waals surface area contributed by atoms with Crippen molar-refractivity contribution >= 4 is 11.6 Å². The monoisotopic (exact) mass is 227 g/mol. The van der Waals surface area contributed by atoms with Gasteiger partial charge in [-0.05, 0) is 25.5 Å². The average molecular weight is 227 g/mol. The molecule has 0 amide bonds. The first kappa shape index (κ1) is 11.1. The van der Waals surface area contributed by atoms with E-state index in [-0.39, 0.29) is 6.54 Å². The fourth-order valence-corrected chi connectivity index (χ4v) is 1.78. The van der Waals surface area contributed by atoms with E-state index in [0.29, 0.717) is 5.95 Å². The number of hydrogen-bond acceptors (Lipinski definition) is 4. The lowest BCUT2D eigenvalue weighted by molar-refractivity contribution is 0.987. The van der Waals surface area contributed by atoms with E-state index < -0.39 is 0 Å². The highest BCUT2D eigenvalue weighted by atomic mass is 15.3. The van der Waals surface area contributed by atoms with Gasteiger partial charge in [0.15, 0.2) is 0 Å². The highest BCUT2D eigenvalue weighted by Gasteiger charge is 2.13. The Balaban J connectivity index is 2.43. The normalized spacial score (nSPS) is 9.94. The number of anilines is 2. The van der Waals surface area contributed by atoms with Crippen LogP contribution in [0.5, 0.6) is 0 Å². The van der Waals surface area contributed by atoms with E-state index in [1.807, 2.05) is 30.9 Å². The Morgan fingerprint density at radius 3 is 2.82 bits per heavy atom. The van der Waals surface area contributed by atoms with E-state index in [9.17, 15) is 0 Å². The lowest BCUT2D eigenvalue weighted by atomic mass is 10.1. The molecule has 86 valence electrons. The molecular weight excluding hydrogens is 214 g/mol. The quantitative estimate of drug-likeness (QED) is 0.815. The lowest BCUT2D eigenvalue weighted by Gasteiger charge is -2.20. The summed E-state index contributed by atoms with van der Waals surface area (Å²) in [7, 11) is 0. The maximum Gasteiger partial charge on any atom is 0.226 e. The number of aryl methyl sites for hydroxylation is 2. The number of aromatic nitrogens is 3. The summed E-state index contributed by atoms with van der Waals surface area (Å²) in [5.41, 5.74) is 3.27. The molecular formula is C12H13N5. The molecule has 17 heavy (non-hydrogen) atoms. The van der Waals surface area contributed by atoms with E-state index in [4.69, 9.17) is 5.26 Å². The Labute approximate surface area is 99.7 Å². The Hall–Kier alpha value is -2.35. The predicted molar refractivity (Wildman–Crippen MR) is 64.9 cm³/mol. The number of aromatic amines is 1. The van der Waals surface area contributed by atoms with Gasteiger partial charge in [0.05, 0.1) is 6.07 Å². The zero-order valence-electron chi connectivity index (χ0n) is 9.81. The molecule has 0 radical (unpaired) electrons. The van der Waals surface area contributed by atoms with E-state index in [1.54, 1.807) is 0 Å². The number of H-pyrrole nitrogens is 1. The minimum Gasteiger partial charge on any atom is -0.297 e. The molecule has 0 fully saturated rings. The van der Waals surface area contributed by atoms with Gasteiger partial charge in [-0.15, -0.1) is 0 Å². The highest BCUT2D eigenvalue weighted by molar-refractivity contribution is 5.62. The Morgan fingerprint density at radius 2 is 2.24 bits per heavy atom. The number of nitriles is 1. The summed E-state index contributed by atoms with van der Waals surface area (Å²) in [6.07, 6.45) is 1.43. The van der Waals surface area contributed by atoms with Crippen molar-refractivity contribution in [1.82, 2.24) is 15.2 Å². The van der Waals surface area contributed by atoms with Crippen molar-refractivity contribution in [2.45, 2.75) is 13.8 Å². The van der Waals surface area contributed by atoms with E-state index >= 15 is 0 Å². The Morgan fingerprint density at radius 1 is 1.41 bits per heavy atom. The van der Waals surface area contributed by atoms with E-state index in [1.165, 1.54) is 11.9 Å². The molecule has 0 saturated carbocycles. The van der Waals surface area contributed by atoms with Crippen LogP contribution in [0.15, 0.2) is 24.5 Å². The largest absolute Gasteiger partial charge is 0.297 e. The summed E-state index contributed by atoms with van der Waals surface area (Å²) in [4.78, 5) is 5.89. The third-order valence-electron chi connectivity index (χ3n) is 2.53. The molecule has 0 bridgehead atoms. The fraction of sp³-hybridized carbons (Fsp3) is 0.250. The maximum absolute atomic E-state index is 8.89. The first-order valence-corrected chi connectivity index (χ1v) is 5.29. The summed E-state index contributed by atoms with van der Waals surface area (Å²) in [5, 5.41) is 15.5. The van der Waals surface area contributed by atoms with Crippen molar-refractivity contribution in [3.63, 3.8) is 0 Å². The first-order valence-electron chi connectivity index (χ1n) is 5.29. The average Bonchev–Trinajstić information content (AvgIpc) is 2.80. The highest BCUT2D eigenvalue weighted by Crippen LogP contribution is 2.25. The van der Waals surface area contributed by atoms with Crippen molar-refractivity contribution in [1.29, 1.82) is 5.26 Å². The van der Waals surface area contributed by atoms with E-state index in [0.717, 1.165) is 11.3 Å². The first-order chi connectivity index (χ1) is 8.22. The predicted octanol–water partition coefficient (Wildman–Crippen LogP) is 2.08. The summed E-state index contributed by atoms with van der Waals surface area (Å²) in [6, 6.07) is 8.22. The molecule has 2 rings (SSSR count). The summed E-state index contributed by atoms with van der Waals surface area (Å²) >= 11 is 0. The zero-order valence-corrected chi connectivity index (χ0v) is 9.81. The van der Waals surface area contributed by atoms with Gasteiger partial charge in [-0.3, -0.25) is 4.90 Å². The van der Waals surface area contributed by atoms with Crippen LogP contribution < -0.4 is 4.90 Å². The number of hydrogen-bond donors (Lipinski definition) is 1. The fourth-order valence-electron chi connectivity index (χ4n) is 1.78. The second-order valence-electron chi connectivity index (χ2n) is 3.84. The molecule has 1 N–H and O–H groups in total. The van der Waals surface area contributed by atoms with Crippen LogP contribution in [-0.4, -0.2) is 21.7 Å². The smallest absolute Gasteiger partial charge is 0.226 e. The molecule has 1 aromatic heterocycles. The third kappa shape index (κ3) is 2.26. The number of nitrogens with zero attached hydrogens (tertiary/aromatic N) is 4. The minimum absolute atomic E-state index is 0.235. The van der Waals surface area contributed by atoms with Crippen molar-refractivity contribution < 1.29 is 0 Å². The molecule has 0 saturated heterocycles. The standard InChI is InChI=1S/C12H13N5/c1-9-3-4-11(10(2)7-9)17(6-5-13)12-14-8-15-16-12/h3-4,7-8H,6H2,1-2H3,(H,14,15,16). The molecule has 0 atom stereocenters. The van der Waals surface area contributed by atoms with Gasteiger partial charge >= 0.3 is 0 Å². The van der Waals surface area contributed by atoms with Crippen LogP contribution >= 0.6 is 0 Å². The van der Waals surface area contributed by atoms with Crippen LogP contribution in [0.25, 0.3) is 0 Å². The SMILES string of the molecule is Cc1ccc(N(CC#N)c2ncn[nH]2)c(C)c1. The van der Waals surface area contributed by atoms with Gasteiger partial charge in [0.1, 0.15) is 12.9 Å². The third-order valence-corrected chi connectivity index (χ3v) is 2.53. The molecule has 2 aromatic rings. The molecule has 5 nitrogen and oxygen atoms in total. The van der Waals surface area contributed by atoms with Gasteiger partial charge in [-0.1, -0.05) is 17.7 Å². The topological polar surface area (TPSA) is 68.6 Å². The van der Waals surface area contributed by atoms with Gasteiger partial charge in [0.2, 0.25) is 5.95 Å². The van der Waals surface area contributed by atoms with Crippen LogP contribution in [0, 0.1) is 25.2 Å². The van der Waals surface area contributed by atoms with Gasteiger partial charge in [0.25, 0.3) is 0 Å². The molecule has 0 aliphatic rings. The maximum atomic E-state index is 8.89. The van der Waals surface area contributed by atoms with Crippen molar-refractivity contribution in [2.24, 2.45) is 0 Å². The second-order valence-corrected chi connectivity index (χ2v) is 3.84. The number of benzene rings is 1. The summed E-state index contributed by atoms with van der Waals surface area (Å²) < 4.78 is 0. The molecule has 0 unspecified atom stereocenters. The molecule has 1 heterocycles. The lowest BCUT2D eigenvalue weighted by Crippen LogP contribution is -2.19. The van der Waals surface area contributed by atoms with Crippen LogP contribution in [0.1, 0.15) is 11.1 Å². The number of rotatable bonds is 3. The van der Waals surface area contributed by atoms with Gasteiger partial charge in [0, 0.05) is 5.69 Å². The van der Waals surface area contributed by atoms with E-state index in [2.05, 4.69) is 27.3 Å². The molecule has 5 heteroatoms. The van der Waals surface area contributed by atoms with Crippen molar-refractivity contribution in [3.05, 3.63) is 35.7 Å². The summed E-state index contributed by atoms with van der Waals surface area (Å²) in [6.45, 7) is 4.29. The molecule has 1 aromatic carbocycles. The van der Waals surface area contributed by atoms with Crippen LogP contribution in [-0.2, 0) is 0 Å². The van der Waals surface area contributed by atoms with Crippen molar-refractivity contribution in [3.8, 4) is 6.07 Å².